The molecular formula is C24H28F5N3O3S. The normalized spacial score (nSPS) is 17.6. The minimum absolute atomic E-state index is 0.0551. The Kier molecular flexibility index (Phi) is 9.07. The topological polar surface area (TPSA) is 80.3 Å². The van der Waals surface area contributed by atoms with Crippen LogP contribution in [-0.4, -0.2) is 52.9 Å². The van der Waals surface area contributed by atoms with Gasteiger partial charge in [0, 0.05) is 30.8 Å². The third-order valence-corrected chi connectivity index (χ3v) is 7.01. The van der Waals surface area contributed by atoms with Gasteiger partial charge in [0.15, 0.2) is 0 Å². The van der Waals surface area contributed by atoms with E-state index in [2.05, 4.69) is 5.10 Å². The number of rotatable bonds is 11. The number of aliphatic hydroxyl groups excluding tert-OH is 1. The van der Waals surface area contributed by atoms with E-state index >= 15 is 0 Å². The predicted octanol–water partition coefficient (Wildman–Crippen LogP) is 4.99. The second kappa shape index (κ2) is 11.7. The fourth-order valence-corrected chi connectivity index (χ4v) is 4.74. The molecule has 0 saturated carbocycles. The van der Waals surface area contributed by atoms with Crippen LogP contribution in [0.15, 0.2) is 41.5 Å². The summed E-state index contributed by atoms with van der Waals surface area (Å²) in [4.78, 5) is 0. The van der Waals surface area contributed by atoms with Gasteiger partial charge in [-0.05, 0) is 44.4 Å². The van der Waals surface area contributed by atoms with E-state index in [1.54, 1.807) is 14.0 Å². The summed E-state index contributed by atoms with van der Waals surface area (Å²) >= 11 is 1.19. The van der Waals surface area contributed by atoms with Crippen molar-refractivity contribution >= 4 is 16.8 Å². The lowest BCUT2D eigenvalue weighted by Crippen LogP contribution is -2.53. The molecule has 0 fully saturated rings. The Labute approximate surface area is 210 Å². The molecular weight excluding hydrogens is 505 g/mol. The molecule has 198 valence electrons. The Bertz CT molecular complexity index is 1060. The number of halogens is 5. The van der Waals surface area contributed by atoms with Gasteiger partial charge in [0.1, 0.15) is 33.6 Å². The average molecular weight is 534 g/mol. The first kappa shape index (κ1) is 28.0. The van der Waals surface area contributed by atoms with Crippen LogP contribution in [0.25, 0.3) is 0 Å². The Morgan fingerprint density at radius 1 is 1.03 bits per heavy atom. The first-order chi connectivity index (χ1) is 16.9. The SMILES string of the molecule is CN1N=C(c2ccc(OCCCCCOc3cc(F)cc(F)c3)c(C(F)(F)F)c2)SC1[C@@](C)(N)CO. The van der Waals surface area contributed by atoms with Crippen molar-refractivity contribution in [1.29, 1.82) is 0 Å². The number of benzene rings is 2. The number of alkyl halides is 3. The lowest BCUT2D eigenvalue weighted by Gasteiger charge is -2.32. The second-order valence-corrected chi connectivity index (χ2v) is 9.75. The number of thioether (sulfide) groups is 1. The molecule has 3 N–H and O–H groups in total. The molecule has 1 heterocycles. The van der Waals surface area contributed by atoms with E-state index < -0.39 is 34.3 Å². The molecule has 0 amide bonds. The largest absolute Gasteiger partial charge is 0.493 e. The van der Waals surface area contributed by atoms with Gasteiger partial charge in [-0.25, -0.2) is 8.78 Å². The molecule has 3 rings (SSSR count). The molecule has 2 atom stereocenters. The molecule has 36 heavy (non-hydrogen) atoms. The van der Waals surface area contributed by atoms with E-state index in [1.807, 2.05) is 0 Å². The van der Waals surface area contributed by atoms with E-state index in [4.69, 9.17) is 15.2 Å². The number of hydrogen-bond acceptors (Lipinski definition) is 7. The highest BCUT2D eigenvalue weighted by Crippen LogP contribution is 2.40. The zero-order chi connectivity index (χ0) is 26.5. The van der Waals surface area contributed by atoms with E-state index in [9.17, 15) is 27.1 Å². The van der Waals surface area contributed by atoms with E-state index in [-0.39, 0.29) is 36.9 Å². The zero-order valence-corrected chi connectivity index (χ0v) is 20.6. The maximum Gasteiger partial charge on any atom is 0.419 e. The van der Waals surface area contributed by atoms with Gasteiger partial charge in [-0.3, -0.25) is 5.01 Å². The minimum atomic E-state index is -4.64. The second-order valence-electron chi connectivity index (χ2n) is 8.68. The lowest BCUT2D eigenvalue weighted by atomic mass is 10.1. The molecule has 0 radical (unpaired) electrons. The molecule has 6 nitrogen and oxygen atoms in total. The molecule has 1 aliphatic heterocycles. The van der Waals surface area contributed by atoms with Crippen molar-refractivity contribution in [2.75, 3.05) is 26.9 Å². The van der Waals surface area contributed by atoms with E-state index in [0.29, 0.717) is 24.3 Å². The van der Waals surface area contributed by atoms with Crippen molar-refractivity contribution in [2.45, 2.75) is 43.3 Å². The molecule has 0 bridgehead atoms. The number of aliphatic hydroxyl groups is 1. The summed E-state index contributed by atoms with van der Waals surface area (Å²) < 4.78 is 78.3. The fourth-order valence-electron chi connectivity index (χ4n) is 3.54. The molecule has 0 spiro atoms. The first-order valence-corrected chi connectivity index (χ1v) is 12.1. The van der Waals surface area contributed by atoms with Gasteiger partial charge in [-0.15, -0.1) is 0 Å². The smallest absolute Gasteiger partial charge is 0.419 e. The summed E-state index contributed by atoms with van der Waals surface area (Å²) in [6, 6.07) is 6.66. The van der Waals surface area contributed by atoms with Gasteiger partial charge in [0.2, 0.25) is 0 Å². The average Bonchev–Trinajstić information content (AvgIpc) is 3.19. The van der Waals surface area contributed by atoms with Crippen molar-refractivity contribution in [3.05, 3.63) is 59.2 Å². The van der Waals surface area contributed by atoms with Crippen molar-refractivity contribution < 1.29 is 36.5 Å². The number of nitrogens with zero attached hydrogens (tertiary/aromatic N) is 2. The number of hydrazone groups is 1. The number of hydrogen-bond donors (Lipinski definition) is 2. The van der Waals surface area contributed by atoms with Gasteiger partial charge in [-0.2, -0.15) is 18.3 Å². The minimum Gasteiger partial charge on any atom is -0.493 e. The lowest BCUT2D eigenvalue weighted by molar-refractivity contribution is -0.139. The molecule has 0 saturated heterocycles. The first-order valence-electron chi connectivity index (χ1n) is 11.2. The highest BCUT2D eigenvalue weighted by molar-refractivity contribution is 8.15. The molecule has 1 unspecified atom stereocenters. The van der Waals surface area contributed by atoms with Gasteiger partial charge < -0.3 is 20.3 Å². The van der Waals surface area contributed by atoms with Gasteiger partial charge in [0.25, 0.3) is 0 Å². The Morgan fingerprint density at radius 2 is 1.67 bits per heavy atom. The molecule has 2 aromatic rings. The van der Waals surface area contributed by atoms with Crippen LogP contribution in [-0.2, 0) is 6.18 Å². The Hall–Kier alpha value is -2.57. The standard InChI is InChI=1S/C24H28F5N3O3S/c1-23(30,14-33)22-32(2)31-21(36-22)15-6-7-20(19(10-15)24(27,28)29)35-9-5-3-4-8-34-18-12-16(25)11-17(26)13-18/h6-7,10-13,22,33H,3-5,8-9,14,30H2,1-2H3/t22?,23-/m0/s1. The zero-order valence-electron chi connectivity index (χ0n) is 19.8. The van der Waals surface area contributed by atoms with Crippen LogP contribution in [0, 0.1) is 11.6 Å². The number of unbranched alkanes of at least 4 members (excludes halogenated alkanes) is 2. The quantitative estimate of drug-likeness (QED) is 0.313. The Morgan fingerprint density at radius 3 is 2.28 bits per heavy atom. The third kappa shape index (κ3) is 7.23. The molecule has 1 aliphatic rings. The summed E-state index contributed by atoms with van der Waals surface area (Å²) in [5.41, 5.74) is 4.45. The maximum atomic E-state index is 13.7. The van der Waals surface area contributed by atoms with Crippen LogP contribution in [0.2, 0.25) is 0 Å². The van der Waals surface area contributed by atoms with Crippen molar-refractivity contribution in [3.8, 4) is 11.5 Å². The van der Waals surface area contributed by atoms with Crippen LogP contribution in [0.4, 0.5) is 22.0 Å². The van der Waals surface area contributed by atoms with E-state index in [0.717, 1.165) is 24.3 Å². The summed E-state index contributed by atoms with van der Waals surface area (Å²) in [6.07, 6.45) is -3.06. The summed E-state index contributed by atoms with van der Waals surface area (Å²) in [5, 5.41) is 15.3. The summed E-state index contributed by atoms with van der Waals surface area (Å²) in [6.45, 7) is 1.59. The maximum absolute atomic E-state index is 13.7. The summed E-state index contributed by atoms with van der Waals surface area (Å²) in [7, 11) is 1.65. The van der Waals surface area contributed by atoms with Crippen LogP contribution in [0.1, 0.15) is 37.3 Å². The van der Waals surface area contributed by atoms with Crippen molar-refractivity contribution in [1.82, 2.24) is 5.01 Å². The predicted molar refractivity (Wildman–Crippen MR) is 128 cm³/mol. The molecule has 0 aliphatic carbocycles. The third-order valence-electron chi connectivity index (χ3n) is 5.40. The van der Waals surface area contributed by atoms with Crippen LogP contribution < -0.4 is 15.2 Å². The van der Waals surface area contributed by atoms with Crippen molar-refractivity contribution in [3.63, 3.8) is 0 Å². The Balaban J connectivity index is 1.54. The number of nitrogens with two attached hydrogens (primary N) is 1. The molecule has 0 aromatic heterocycles. The molecule has 12 heteroatoms. The van der Waals surface area contributed by atoms with Crippen LogP contribution >= 0.6 is 11.8 Å². The van der Waals surface area contributed by atoms with E-state index in [1.165, 1.54) is 28.9 Å². The van der Waals surface area contributed by atoms with Crippen molar-refractivity contribution in [2.24, 2.45) is 10.8 Å². The molecule has 2 aromatic carbocycles. The van der Waals surface area contributed by atoms with Gasteiger partial charge in [0.05, 0.1) is 30.9 Å². The highest BCUT2D eigenvalue weighted by Gasteiger charge is 2.40. The monoisotopic (exact) mass is 533 g/mol. The number of ether oxygens (including phenoxy) is 2. The van der Waals surface area contributed by atoms with Crippen LogP contribution in [0.5, 0.6) is 11.5 Å². The number of likely N-dealkylation sites (N-methyl/N-ethyl adjacent to an activating group) is 1. The van der Waals surface area contributed by atoms with Gasteiger partial charge >= 0.3 is 6.18 Å². The van der Waals surface area contributed by atoms with Crippen LogP contribution in [0.3, 0.4) is 0 Å². The highest BCUT2D eigenvalue weighted by atomic mass is 32.2. The summed E-state index contributed by atoms with van der Waals surface area (Å²) in [5.74, 6) is -1.68. The van der Waals surface area contributed by atoms with Gasteiger partial charge in [-0.1, -0.05) is 11.8 Å². The fraction of sp³-hybridized carbons (Fsp3) is 0.458.